The van der Waals surface area contributed by atoms with Crippen molar-refractivity contribution in [3.63, 3.8) is 0 Å². The van der Waals surface area contributed by atoms with Crippen molar-refractivity contribution in [3.05, 3.63) is 35.4 Å². The molecule has 1 N–H and O–H groups in total. The van der Waals surface area contributed by atoms with Gasteiger partial charge in [0.1, 0.15) is 6.10 Å². The number of ether oxygens (including phenoxy) is 2. The van der Waals surface area contributed by atoms with Gasteiger partial charge in [-0.1, -0.05) is 24.3 Å². The minimum atomic E-state index is -0.428. The van der Waals surface area contributed by atoms with Crippen molar-refractivity contribution < 1.29 is 14.6 Å². The van der Waals surface area contributed by atoms with Crippen LogP contribution in [0.25, 0.3) is 0 Å². The predicted octanol–water partition coefficient (Wildman–Crippen LogP) is 2.07. The van der Waals surface area contributed by atoms with Gasteiger partial charge < -0.3 is 14.6 Å². The summed E-state index contributed by atoms with van der Waals surface area (Å²) < 4.78 is 10.3. The van der Waals surface area contributed by atoms with E-state index in [0.29, 0.717) is 6.61 Å². The zero-order chi connectivity index (χ0) is 11.3. The molecule has 1 rings (SSSR count). The molecule has 0 saturated heterocycles. The maximum Gasteiger partial charge on any atom is 0.105 e. The molecule has 0 amide bonds. The Morgan fingerprint density at radius 1 is 1.13 bits per heavy atom. The van der Waals surface area contributed by atoms with Crippen LogP contribution in [0.2, 0.25) is 0 Å². The van der Waals surface area contributed by atoms with Crippen molar-refractivity contribution in [2.45, 2.75) is 19.1 Å². The highest BCUT2D eigenvalue weighted by atomic mass is 16.5. The number of aliphatic hydroxyl groups is 1. The molecule has 3 heteroatoms. The van der Waals surface area contributed by atoms with E-state index in [-0.39, 0.29) is 6.10 Å². The summed E-state index contributed by atoms with van der Waals surface area (Å²) in [5.74, 6) is 0. The molecule has 0 unspecified atom stereocenters. The van der Waals surface area contributed by atoms with Crippen LogP contribution in [-0.4, -0.2) is 25.9 Å². The molecular formula is C12H18O3. The Kier molecular flexibility index (Phi) is 4.75. The fourth-order valence-corrected chi connectivity index (χ4v) is 1.44. The molecule has 3 nitrogen and oxygen atoms in total. The lowest BCUT2D eigenvalue weighted by atomic mass is 10.0. The Hall–Kier alpha value is -0.900. The minimum absolute atomic E-state index is 0.0435. The van der Waals surface area contributed by atoms with Gasteiger partial charge in [0.05, 0.1) is 12.7 Å². The summed E-state index contributed by atoms with van der Waals surface area (Å²) in [6.07, 6.45) is -0.472. The van der Waals surface area contributed by atoms with Crippen molar-refractivity contribution in [1.29, 1.82) is 0 Å². The molecule has 0 aliphatic rings. The molecule has 0 spiro atoms. The number of methoxy groups -OCH3 is 2. The van der Waals surface area contributed by atoms with E-state index in [1.807, 2.05) is 24.3 Å². The second-order valence-corrected chi connectivity index (χ2v) is 3.52. The normalized spacial score (nSPS) is 14.9. The fourth-order valence-electron chi connectivity index (χ4n) is 1.44. The third-order valence-corrected chi connectivity index (χ3v) is 2.39. The lowest BCUT2D eigenvalue weighted by Gasteiger charge is -2.15. The van der Waals surface area contributed by atoms with Gasteiger partial charge in [-0.2, -0.15) is 0 Å². The highest BCUT2D eigenvalue weighted by Gasteiger charge is 2.10. The van der Waals surface area contributed by atoms with Crippen molar-refractivity contribution in [2.75, 3.05) is 20.8 Å². The summed E-state index contributed by atoms with van der Waals surface area (Å²) in [5.41, 5.74) is 1.97. The second-order valence-electron chi connectivity index (χ2n) is 3.52. The van der Waals surface area contributed by atoms with E-state index in [4.69, 9.17) is 9.47 Å². The smallest absolute Gasteiger partial charge is 0.105 e. The Labute approximate surface area is 90.6 Å². The topological polar surface area (TPSA) is 38.7 Å². The molecule has 0 fully saturated rings. The molecule has 0 radical (unpaired) electrons. The van der Waals surface area contributed by atoms with E-state index < -0.39 is 6.10 Å². The van der Waals surface area contributed by atoms with Crippen LogP contribution in [0.15, 0.2) is 24.3 Å². The maximum absolute atomic E-state index is 9.36. The van der Waals surface area contributed by atoms with Crippen molar-refractivity contribution >= 4 is 0 Å². The Morgan fingerprint density at radius 3 is 2.07 bits per heavy atom. The lowest BCUT2D eigenvalue weighted by molar-refractivity contribution is 0.0274. The van der Waals surface area contributed by atoms with Gasteiger partial charge in [-0.3, -0.25) is 0 Å². The Balaban J connectivity index is 2.77. The van der Waals surface area contributed by atoms with Crippen LogP contribution in [-0.2, 0) is 9.47 Å². The largest absolute Gasteiger partial charge is 0.389 e. The number of aliphatic hydroxyl groups excluding tert-OH is 1. The molecule has 0 aliphatic heterocycles. The zero-order valence-corrected chi connectivity index (χ0v) is 9.43. The highest BCUT2D eigenvalue weighted by Crippen LogP contribution is 2.19. The Bertz CT molecular complexity index is 279. The van der Waals surface area contributed by atoms with Crippen LogP contribution in [0.4, 0.5) is 0 Å². The van der Waals surface area contributed by atoms with Gasteiger partial charge in [0.25, 0.3) is 0 Å². The van der Waals surface area contributed by atoms with E-state index in [1.54, 1.807) is 21.1 Å². The van der Waals surface area contributed by atoms with Crippen molar-refractivity contribution in [3.8, 4) is 0 Å². The first kappa shape index (κ1) is 12.2. The third-order valence-electron chi connectivity index (χ3n) is 2.39. The summed E-state index contributed by atoms with van der Waals surface area (Å²) in [6.45, 7) is 2.28. The number of rotatable bonds is 5. The molecule has 2 atom stereocenters. The standard InChI is InChI=1S/C12H18O3/c1-9(13)10-4-6-11(7-5-10)12(15-3)8-14-2/h4-7,9,12-13H,8H2,1-3H3/t9-,12-/m1/s1. The average Bonchev–Trinajstić information content (AvgIpc) is 2.26. The van der Waals surface area contributed by atoms with Gasteiger partial charge in [0, 0.05) is 14.2 Å². The first-order valence-electron chi connectivity index (χ1n) is 4.98. The molecule has 1 aromatic rings. The third kappa shape index (κ3) is 3.30. The van der Waals surface area contributed by atoms with Crippen LogP contribution in [0.3, 0.4) is 0 Å². The molecule has 1 aromatic carbocycles. The van der Waals surface area contributed by atoms with E-state index in [9.17, 15) is 5.11 Å². The molecular weight excluding hydrogens is 192 g/mol. The first-order chi connectivity index (χ1) is 7.19. The van der Waals surface area contributed by atoms with E-state index in [2.05, 4.69) is 0 Å². The van der Waals surface area contributed by atoms with E-state index in [1.165, 1.54) is 0 Å². The number of benzene rings is 1. The van der Waals surface area contributed by atoms with Crippen LogP contribution in [0, 0.1) is 0 Å². The monoisotopic (exact) mass is 210 g/mol. The summed E-state index contributed by atoms with van der Waals surface area (Å²) in [7, 11) is 3.31. The summed E-state index contributed by atoms with van der Waals surface area (Å²) in [4.78, 5) is 0. The quantitative estimate of drug-likeness (QED) is 0.808. The molecule has 0 heterocycles. The van der Waals surface area contributed by atoms with Gasteiger partial charge in [0.15, 0.2) is 0 Å². The summed E-state index contributed by atoms with van der Waals surface area (Å²) in [6, 6.07) is 7.72. The second kappa shape index (κ2) is 5.85. The highest BCUT2D eigenvalue weighted by molar-refractivity contribution is 5.25. The van der Waals surface area contributed by atoms with E-state index in [0.717, 1.165) is 11.1 Å². The molecule has 0 aliphatic carbocycles. The number of hydrogen-bond acceptors (Lipinski definition) is 3. The summed E-state index contributed by atoms with van der Waals surface area (Å²) >= 11 is 0. The SMILES string of the molecule is COC[C@@H](OC)c1ccc([C@@H](C)O)cc1. The predicted molar refractivity (Wildman–Crippen MR) is 58.7 cm³/mol. The van der Waals surface area contributed by atoms with Crippen molar-refractivity contribution in [1.82, 2.24) is 0 Å². The van der Waals surface area contributed by atoms with Crippen molar-refractivity contribution in [2.24, 2.45) is 0 Å². The number of hydrogen-bond donors (Lipinski definition) is 1. The van der Waals surface area contributed by atoms with Gasteiger partial charge in [-0.05, 0) is 18.1 Å². The Morgan fingerprint density at radius 2 is 1.67 bits per heavy atom. The van der Waals surface area contributed by atoms with Crippen LogP contribution >= 0.6 is 0 Å². The lowest BCUT2D eigenvalue weighted by Crippen LogP contribution is -2.08. The van der Waals surface area contributed by atoms with Gasteiger partial charge >= 0.3 is 0 Å². The van der Waals surface area contributed by atoms with E-state index >= 15 is 0 Å². The van der Waals surface area contributed by atoms with Crippen LogP contribution < -0.4 is 0 Å². The fraction of sp³-hybridized carbons (Fsp3) is 0.500. The first-order valence-corrected chi connectivity index (χ1v) is 4.98. The van der Waals surface area contributed by atoms with Gasteiger partial charge in [0.2, 0.25) is 0 Å². The summed E-state index contributed by atoms with van der Waals surface area (Å²) in [5, 5.41) is 9.36. The average molecular weight is 210 g/mol. The molecule has 0 saturated carbocycles. The molecule has 0 aromatic heterocycles. The maximum atomic E-state index is 9.36. The zero-order valence-electron chi connectivity index (χ0n) is 9.43. The van der Waals surface area contributed by atoms with Crippen LogP contribution in [0.1, 0.15) is 30.3 Å². The minimum Gasteiger partial charge on any atom is -0.389 e. The molecule has 84 valence electrons. The van der Waals surface area contributed by atoms with Gasteiger partial charge in [-0.25, -0.2) is 0 Å². The van der Waals surface area contributed by atoms with Crippen LogP contribution in [0.5, 0.6) is 0 Å². The van der Waals surface area contributed by atoms with Gasteiger partial charge in [-0.15, -0.1) is 0 Å². The molecule has 0 bridgehead atoms. The molecule has 15 heavy (non-hydrogen) atoms.